The molecule has 3 nitrogen and oxygen atoms in total. The first kappa shape index (κ1) is 7.67. The second-order valence-electron chi connectivity index (χ2n) is 2.18. The number of unbranched alkanes of at least 4 members (excludes halogenated alkanes) is 1. The summed E-state index contributed by atoms with van der Waals surface area (Å²) in [6.07, 6.45) is 5.66. The van der Waals surface area contributed by atoms with E-state index in [1.807, 2.05) is 0 Å². The van der Waals surface area contributed by atoms with Crippen LogP contribution < -0.4 is 0 Å². The molecule has 0 aromatic carbocycles. The van der Waals surface area contributed by atoms with Gasteiger partial charge in [-0.2, -0.15) is 5.26 Å². The van der Waals surface area contributed by atoms with E-state index in [9.17, 15) is 0 Å². The molecule has 1 aromatic heterocycles. The maximum atomic E-state index is 8.25. The molecule has 3 heteroatoms. The average Bonchev–Trinajstić information content (AvgIpc) is 2.07. The Balaban J connectivity index is 2.35. The molecule has 0 aliphatic rings. The van der Waals surface area contributed by atoms with Gasteiger partial charge in [0.15, 0.2) is 0 Å². The van der Waals surface area contributed by atoms with Crippen molar-refractivity contribution in [1.82, 2.24) is 9.97 Å². The standard InChI is InChI=1S/C8H9N3/c9-5-2-1-4-8-10-6-3-7-11-8/h3,6-7H,1-2,4H2. The van der Waals surface area contributed by atoms with Crippen molar-refractivity contribution in [3.8, 4) is 6.07 Å². The molecule has 11 heavy (non-hydrogen) atoms. The Labute approximate surface area is 65.7 Å². The first-order valence-electron chi connectivity index (χ1n) is 3.56. The predicted molar refractivity (Wildman–Crippen MR) is 40.6 cm³/mol. The van der Waals surface area contributed by atoms with Gasteiger partial charge in [0, 0.05) is 25.2 Å². The van der Waals surface area contributed by atoms with Gasteiger partial charge >= 0.3 is 0 Å². The summed E-state index contributed by atoms with van der Waals surface area (Å²) in [6.45, 7) is 0. The van der Waals surface area contributed by atoms with Crippen molar-refractivity contribution in [2.75, 3.05) is 0 Å². The molecule has 0 saturated heterocycles. The fourth-order valence-corrected chi connectivity index (χ4v) is 0.785. The Hall–Kier alpha value is -1.43. The minimum Gasteiger partial charge on any atom is -0.241 e. The largest absolute Gasteiger partial charge is 0.241 e. The van der Waals surface area contributed by atoms with E-state index >= 15 is 0 Å². The Morgan fingerprint density at radius 1 is 1.36 bits per heavy atom. The first-order chi connectivity index (χ1) is 5.43. The van der Waals surface area contributed by atoms with Gasteiger partial charge in [-0.1, -0.05) is 0 Å². The topological polar surface area (TPSA) is 49.6 Å². The third-order valence-corrected chi connectivity index (χ3v) is 1.31. The van der Waals surface area contributed by atoms with Crippen LogP contribution in [0.1, 0.15) is 18.7 Å². The number of aryl methyl sites for hydroxylation is 1. The van der Waals surface area contributed by atoms with Crippen molar-refractivity contribution in [3.05, 3.63) is 24.3 Å². The lowest BCUT2D eigenvalue weighted by atomic mass is 10.2. The van der Waals surface area contributed by atoms with Crippen LogP contribution in [0.25, 0.3) is 0 Å². The van der Waals surface area contributed by atoms with Crippen molar-refractivity contribution in [2.45, 2.75) is 19.3 Å². The van der Waals surface area contributed by atoms with Crippen LogP contribution in [0, 0.1) is 11.3 Å². The third-order valence-electron chi connectivity index (χ3n) is 1.31. The zero-order valence-corrected chi connectivity index (χ0v) is 6.20. The molecule has 0 spiro atoms. The highest BCUT2D eigenvalue weighted by atomic mass is 14.8. The van der Waals surface area contributed by atoms with Crippen LogP contribution in [0.15, 0.2) is 18.5 Å². The lowest BCUT2D eigenvalue weighted by Crippen LogP contribution is -1.92. The average molecular weight is 147 g/mol. The van der Waals surface area contributed by atoms with Gasteiger partial charge in [-0.05, 0) is 12.5 Å². The molecule has 1 rings (SSSR count). The van der Waals surface area contributed by atoms with Gasteiger partial charge in [-0.25, -0.2) is 9.97 Å². The Bertz CT molecular complexity index is 237. The monoisotopic (exact) mass is 147 g/mol. The van der Waals surface area contributed by atoms with Gasteiger partial charge < -0.3 is 0 Å². The minimum atomic E-state index is 0.582. The Morgan fingerprint density at radius 3 is 2.73 bits per heavy atom. The lowest BCUT2D eigenvalue weighted by molar-refractivity contribution is 0.790. The van der Waals surface area contributed by atoms with Gasteiger partial charge in [0.25, 0.3) is 0 Å². The molecular formula is C8H9N3. The summed E-state index contributed by atoms with van der Waals surface area (Å²) in [5, 5.41) is 8.25. The summed E-state index contributed by atoms with van der Waals surface area (Å²) in [5.41, 5.74) is 0. The number of rotatable bonds is 3. The quantitative estimate of drug-likeness (QED) is 0.606. The predicted octanol–water partition coefficient (Wildman–Crippen LogP) is 1.32. The first-order valence-corrected chi connectivity index (χ1v) is 3.56. The molecule has 0 aliphatic heterocycles. The van der Waals surface area contributed by atoms with E-state index in [-0.39, 0.29) is 0 Å². The second-order valence-corrected chi connectivity index (χ2v) is 2.18. The van der Waals surface area contributed by atoms with Crippen LogP contribution >= 0.6 is 0 Å². The smallest absolute Gasteiger partial charge is 0.128 e. The molecule has 0 radical (unpaired) electrons. The molecule has 0 bridgehead atoms. The summed E-state index contributed by atoms with van der Waals surface area (Å²) in [4.78, 5) is 8.06. The van der Waals surface area contributed by atoms with Crippen LogP contribution in [0.5, 0.6) is 0 Å². The molecular weight excluding hydrogens is 138 g/mol. The van der Waals surface area contributed by atoms with E-state index in [0.29, 0.717) is 6.42 Å². The van der Waals surface area contributed by atoms with E-state index < -0.39 is 0 Å². The Morgan fingerprint density at radius 2 is 2.09 bits per heavy atom. The molecule has 0 N–H and O–H groups in total. The Kier molecular flexibility index (Phi) is 3.07. The molecule has 0 amide bonds. The number of aromatic nitrogens is 2. The summed E-state index contributed by atoms with van der Waals surface area (Å²) >= 11 is 0. The van der Waals surface area contributed by atoms with E-state index in [4.69, 9.17) is 5.26 Å². The highest BCUT2D eigenvalue weighted by Crippen LogP contribution is 1.96. The summed E-state index contributed by atoms with van der Waals surface area (Å²) in [6, 6.07) is 3.87. The summed E-state index contributed by atoms with van der Waals surface area (Å²) < 4.78 is 0. The molecule has 0 unspecified atom stereocenters. The summed E-state index contributed by atoms with van der Waals surface area (Å²) in [5.74, 6) is 0.822. The third kappa shape index (κ3) is 2.76. The van der Waals surface area contributed by atoms with Crippen LogP contribution in [-0.2, 0) is 6.42 Å². The van der Waals surface area contributed by atoms with Crippen molar-refractivity contribution < 1.29 is 0 Å². The van der Waals surface area contributed by atoms with Crippen molar-refractivity contribution >= 4 is 0 Å². The molecule has 1 aromatic rings. The molecule has 0 saturated carbocycles. The van der Waals surface area contributed by atoms with Gasteiger partial charge in [-0.3, -0.25) is 0 Å². The molecule has 0 atom stereocenters. The van der Waals surface area contributed by atoms with Crippen molar-refractivity contribution in [3.63, 3.8) is 0 Å². The SMILES string of the molecule is N#CCCCc1ncccn1. The number of hydrogen-bond acceptors (Lipinski definition) is 3. The summed E-state index contributed by atoms with van der Waals surface area (Å²) in [7, 11) is 0. The molecule has 0 fully saturated rings. The normalized spacial score (nSPS) is 9.00. The molecule has 1 heterocycles. The molecule has 56 valence electrons. The number of nitrogens with zero attached hydrogens (tertiary/aromatic N) is 3. The van der Waals surface area contributed by atoms with E-state index in [2.05, 4.69) is 16.0 Å². The van der Waals surface area contributed by atoms with E-state index in [0.717, 1.165) is 18.7 Å². The van der Waals surface area contributed by atoms with E-state index in [1.165, 1.54) is 0 Å². The van der Waals surface area contributed by atoms with Crippen LogP contribution in [0.3, 0.4) is 0 Å². The van der Waals surface area contributed by atoms with Gasteiger partial charge in [0.2, 0.25) is 0 Å². The van der Waals surface area contributed by atoms with E-state index in [1.54, 1.807) is 18.5 Å². The highest BCUT2D eigenvalue weighted by molar-refractivity contribution is 4.89. The fraction of sp³-hybridized carbons (Fsp3) is 0.375. The lowest BCUT2D eigenvalue weighted by Gasteiger charge is -1.93. The maximum absolute atomic E-state index is 8.25. The van der Waals surface area contributed by atoms with Gasteiger partial charge in [0.05, 0.1) is 6.07 Å². The van der Waals surface area contributed by atoms with Gasteiger partial charge in [0.1, 0.15) is 5.82 Å². The molecule has 0 aliphatic carbocycles. The maximum Gasteiger partial charge on any atom is 0.128 e. The van der Waals surface area contributed by atoms with Gasteiger partial charge in [-0.15, -0.1) is 0 Å². The zero-order valence-electron chi connectivity index (χ0n) is 6.20. The number of nitriles is 1. The van der Waals surface area contributed by atoms with Crippen molar-refractivity contribution in [2.24, 2.45) is 0 Å². The minimum absolute atomic E-state index is 0.582. The highest BCUT2D eigenvalue weighted by Gasteiger charge is 1.92. The fourth-order valence-electron chi connectivity index (χ4n) is 0.785. The van der Waals surface area contributed by atoms with Crippen molar-refractivity contribution in [1.29, 1.82) is 5.26 Å². The van der Waals surface area contributed by atoms with Crippen LogP contribution in [0.4, 0.5) is 0 Å². The van der Waals surface area contributed by atoms with Crippen LogP contribution in [0.2, 0.25) is 0 Å². The second kappa shape index (κ2) is 4.40. The number of hydrogen-bond donors (Lipinski definition) is 0. The van der Waals surface area contributed by atoms with Crippen LogP contribution in [-0.4, -0.2) is 9.97 Å². The zero-order chi connectivity index (χ0) is 7.94.